The minimum Gasteiger partial charge on any atom is -0.491 e. The fourth-order valence-electron chi connectivity index (χ4n) is 2.16. The molecular weight excluding hydrogens is 282 g/mol. The second-order valence-corrected chi connectivity index (χ2v) is 4.98. The topological polar surface area (TPSA) is 9.23 Å². The van der Waals surface area contributed by atoms with Gasteiger partial charge in [-0.1, -0.05) is 44.2 Å². The van der Waals surface area contributed by atoms with Crippen LogP contribution in [0.1, 0.15) is 40.0 Å². The Morgan fingerprint density at radius 2 is 2.00 bits per heavy atom. The van der Waals surface area contributed by atoms with Gasteiger partial charge in [-0.15, -0.1) is 0 Å². The van der Waals surface area contributed by atoms with Crippen molar-refractivity contribution in [1.82, 2.24) is 0 Å². The van der Waals surface area contributed by atoms with Crippen LogP contribution in [0, 0.1) is 0 Å². The molecule has 0 spiro atoms. The molecule has 22 heavy (non-hydrogen) atoms. The second-order valence-electron chi connectivity index (χ2n) is 4.98. The Hall–Kier alpha value is -1.90. The fraction of sp³-hybridized carbons (Fsp3) is 0.368. The lowest BCUT2D eigenvalue weighted by atomic mass is 10.0. The van der Waals surface area contributed by atoms with Gasteiger partial charge in [-0.05, 0) is 43.9 Å². The van der Waals surface area contributed by atoms with Crippen molar-refractivity contribution in [2.45, 2.75) is 40.0 Å². The maximum atomic E-state index is 14.3. The SMILES string of the molecule is C=C(C1=CC=C(CCC)C=CC1)/C(F)=C(F)\C(=C/C)OCC. The van der Waals surface area contributed by atoms with Gasteiger partial charge in [0.1, 0.15) is 0 Å². The first-order chi connectivity index (χ1) is 10.5. The summed E-state index contributed by atoms with van der Waals surface area (Å²) in [5.74, 6) is -2.05. The Bertz CT molecular complexity index is 560. The Kier molecular flexibility index (Phi) is 7.58. The maximum Gasteiger partial charge on any atom is 0.200 e. The van der Waals surface area contributed by atoms with Crippen molar-refractivity contribution >= 4 is 0 Å². The van der Waals surface area contributed by atoms with Gasteiger partial charge >= 0.3 is 0 Å². The number of hydrogen-bond donors (Lipinski definition) is 0. The lowest BCUT2D eigenvalue weighted by Crippen LogP contribution is -1.97. The van der Waals surface area contributed by atoms with Gasteiger partial charge in [0.15, 0.2) is 11.6 Å². The van der Waals surface area contributed by atoms with Crippen LogP contribution in [0.4, 0.5) is 8.78 Å². The van der Waals surface area contributed by atoms with Gasteiger partial charge in [0.2, 0.25) is 5.83 Å². The summed E-state index contributed by atoms with van der Waals surface area (Å²) in [5.41, 5.74) is 1.91. The summed E-state index contributed by atoms with van der Waals surface area (Å²) in [6.07, 6.45) is 11.7. The lowest BCUT2D eigenvalue weighted by molar-refractivity contribution is 0.221. The van der Waals surface area contributed by atoms with Crippen molar-refractivity contribution in [3.63, 3.8) is 0 Å². The molecule has 1 nitrogen and oxygen atoms in total. The molecule has 0 heterocycles. The molecule has 0 aromatic rings. The predicted molar refractivity (Wildman–Crippen MR) is 88.6 cm³/mol. The quantitative estimate of drug-likeness (QED) is 0.399. The highest BCUT2D eigenvalue weighted by Gasteiger charge is 2.17. The van der Waals surface area contributed by atoms with Crippen LogP contribution in [0.5, 0.6) is 0 Å². The van der Waals surface area contributed by atoms with E-state index in [1.54, 1.807) is 13.8 Å². The van der Waals surface area contributed by atoms with E-state index in [9.17, 15) is 8.78 Å². The van der Waals surface area contributed by atoms with Crippen molar-refractivity contribution in [3.8, 4) is 0 Å². The van der Waals surface area contributed by atoms with E-state index in [-0.39, 0.29) is 17.9 Å². The molecule has 0 amide bonds. The van der Waals surface area contributed by atoms with Crippen molar-refractivity contribution in [2.75, 3.05) is 6.61 Å². The van der Waals surface area contributed by atoms with E-state index in [4.69, 9.17) is 4.74 Å². The van der Waals surface area contributed by atoms with Crippen LogP contribution in [-0.4, -0.2) is 6.61 Å². The molecule has 0 aromatic carbocycles. The summed E-state index contributed by atoms with van der Waals surface area (Å²) in [6, 6.07) is 0. The average molecular weight is 306 g/mol. The second kappa shape index (κ2) is 9.19. The van der Waals surface area contributed by atoms with Crippen LogP contribution in [0.25, 0.3) is 0 Å². The molecule has 1 aliphatic rings. The first-order valence-corrected chi connectivity index (χ1v) is 7.65. The third kappa shape index (κ3) is 4.83. The minimum absolute atomic E-state index is 0.0650. The van der Waals surface area contributed by atoms with E-state index in [2.05, 4.69) is 13.5 Å². The van der Waals surface area contributed by atoms with Crippen LogP contribution in [-0.2, 0) is 4.74 Å². The minimum atomic E-state index is -0.999. The summed E-state index contributed by atoms with van der Waals surface area (Å²) in [6.45, 7) is 9.41. The molecule has 0 bridgehead atoms. The highest BCUT2D eigenvalue weighted by atomic mass is 19.2. The molecule has 120 valence electrons. The number of ether oxygens (including phenoxy) is 1. The normalized spacial score (nSPS) is 16.5. The summed E-state index contributed by atoms with van der Waals surface area (Å²) >= 11 is 0. The van der Waals surface area contributed by atoms with Crippen LogP contribution >= 0.6 is 0 Å². The van der Waals surface area contributed by atoms with E-state index >= 15 is 0 Å². The predicted octanol–water partition coefficient (Wildman–Crippen LogP) is 6.25. The molecule has 0 aromatic heterocycles. The summed E-state index contributed by atoms with van der Waals surface area (Å²) in [7, 11) is 0. The van der Waals surface area contributed by atoms with Crippen molar-refractivity contribution in [1.29, 1.82) is 0 Å². The van der Waals surface area contributed by atoms with E-state index in [0.717, 1.165) is 12.8 Å². The average Bonchev–Trinajstić information content (AvgIpc) is 2.76. The standard InChI is InChI=1S/C19H24F2O/c1-5-9-15-10-8-11-16(13-12-15)14(4)18(20)19(21)17(6-2)22-7-3/h6,8,10,12-13H,4-5,7,9,11H2,1-3H3/b17-6+,19-18-. The van der Waals surface area contributed by atoms with Crippen molar-refractivity contribution in [3.05, 3.63) is 71.1 Å². The molecule has 0 atom stereocenters. The maximum absolute atomic E-state index is 14.3. The fourth-order valence-corrected chi connectivity index (χ4v) is 2.16. The Balaban J connectivity index is 3.02. The number of hydrogen-bond acceptors (Lipinski definition) is 1. The zero-order valence-corrected chi connectivity index (χ0v) is 13.6. The van der Waals surface area contributed by atoms with Gasteiger partial charge in [-0.2, -0.15) is 4.39 Å². The van der Waals surface area contributed by atoms with Crippen LogP contribution in [0.2, 0.25) is 0 Å². The summed E-state index contributed by atoms with van der Waals surface area (Å²) in [4.78, 5) is 0. The smallest absolute Gasteiger partial charge is 0.200 e. The molecular formula is C19H24F2O. The molecule has 0 unspecified atom stereocenters. The number of rotatable bonds is 7. The largest absolute Gasteiger partial charge is 0.491 e. The van der Waals surface area contributed by atoms with Crippen molar-refractivity contribution < 1.29 is 13.5 Å². The van der Waals surface area contributed by atoms with Crippen molar-refractivity contribution in [2.24, 2.45) is 0 Å². The zero-order valence-electron chi connectivity index (χ0n) is 13.6. The van der Waals surface area contributed by atoms with E-state index in [0.29, 0.717) is 12.0 Å². The molecule has 3 heteroatoms. The van der Waals surface area contributed by atoms with Gasteiger partial charge in [-0.25, -0.2) is 4.39 Å². The Labute approximate surface area is 132 Å². The van der Waals surface area contributed by atoms with Crippen LogP contribution in [0.3, 0.4) is 0 Å². The van der Waals surface area contributed by atoms with Gasteiger partial charge in [0.25, 0.3) is 0 Å². The zero-order chi connectivity index (χ0) is 16.5. The molecule has 0 saturated carbocycles. The third-order valence-electron chi connectivity index (χ3n) is 3.33. The van der Waals surface area contributed by atoms with Crippen LogP contribution in [0.15, 0.2) is 71.1 Å². The summed E-state index contributed by atoms with van der Waals surface area (Å²) < 4.78 is 33.5. The van der Waals surface area contributed by atoms with E-state index in [1.807, 2.05) is 24.3 Å². The molecule has 0 saturated heterocycles. The number of halogens is 2. The van der Waals surface area contributed by atoms with Gasteiger partial charge in [-0.3, -0.25) is 0 Å². The van der Waals surface area contributed by atoms with Gasteiger partial charge < -0.3 is 4.74 Å². The highest BCUT2D eigenvalue weighted by molar-refractivity contribution is 5.49. The molecule has 0 N–H and O–H groups in total. The first-order valence-electron chi connectivity index (χ1n) is 7.65. The molecule has 0 radical (unpaired) electrons. The van der Waals surface area contributed by atoms with Gasteiger partial charge in [0.05, 0.1) is 6.61 Å². The Morgan fingerprint density at radius 3 is 2.59 bits per heavy atom. The van der Waals surface area contributed by atoms with E-state index in [1.165, 1.54) is 11.6 Å². The monoisotopic (exact) mass is 306 g/mol. The first kappa shape index (κ1) is 18.1. The summed E-state index contributed by atoms with van der Waals surface area (Å²) in [5, 5.41) is 0. The molecule has 1 rings (SSSR count). The van der Waals surface area contributed by atoms with Gasteiger partial charge in [0, 0.05) is 5.57 Å². The molecule has 1 aliphatic carbocycles. The van der Waals surface area contributed by atoms with Crippen LogP contribution < -0.4 is 0 Å². The third-order valence-corrected chi connectivity index (χ3v) is 3.33. The molecule has 0 fully saturated rings. The van der Waals surface area contributed by atoms with E-state index < -0.39 is 11.7 Å². The highest BCUT2D eigenvalue weighted by Crippen LogP contribution is 2.30. The lowest BCUT2D eigenvalue weighted by Gasteiger charge is -2.10. The Morgan fingerprint density at radius 1 is 1.27 bits per heavy atom. The molecule has 0 aliphatic heterocycles. The number of allylic oxidation sites excluding steroid dienone is 10.